The van der Waals surface area contributed by atoms with Crippen molar-refractivity contribution in [3.8, 4) is 22.6 Å². The van der Waals surface area contributed by atoms with Gasteiger partial charge in [0.2, 0.25) is 40.9 Å². The van der Waals surface area contributed by atoms with Gasteiger partial charge in [-0.05, 0) is 56.9 Å². The highest BCUT2D eigenvalue weighted by Gasteiger charge is 2.33. The van der Waals surface area contributed by atoms with Crippen LogP contribution in [-0.2, 0) is 19.0 Å². The number of carbonyl (C=O) groups is 3. The molecule has 2 atom stereocenters. The second-order valence-corrected chi connectivity index (χ2v) is 11.4. The predicted octanol–water partition coefficient (Wildman–Crippen LogP) is 7.00. The van der Waals surface area contributed by atoms with Crippen LogP contribution in [-0.4, -0.2) is 49.2 Å². The van der Waals surface area contributed by atoms with Gasteiger partial charge >= 0.3 is 18.0 Å². The zero-order chi connectivity index (χ0) is 34.3. The van der Waals surface area contributed by atoms with Gasteiger partial charge in [0.25, 0.3) is 0 Å². The Morgan fingerprint density at radius 1 is 0.894 bits per heavy atom. The lowest BCUT2D eigenvalue weighted by Crippen LogP contribution is -2.38. The average molecular weight is 666 g/mol. The van der Waals surface area contributed by atoms with E-state index in [9.17, 15) is 36.3 Å². The molecule has 0 saturated carbocycles. The number of rotatable bonds is 10. The van der Waals surface area contributed by atoms with Crippen molar-refractivity contribution in [3.05, 3.63) is 83.2 Å². The standard InChI is InChI=1S/C33H32F5NO8/c1-33(2,3)47-32(42)39-15-14-21(31(41)46-29-27(37)25(35)24(34)26(36)28(29)38)45-30(40)20-13-12-19(18-9-5-4-6-10-18)17-22(20)44-23-11-7-8-16-43-23/h4-6,9-10,12-13,17,21,23H,7-8,11,14-16H2,1-3H3,(H,39,42)/t21-,23?/m0/s1. The van der Waals surface area contributed by atoms with Crippen LogP contribution in [0.5, 0.6) is 11.5 Å². The van der Waals surface area contributed by atoms with E-state index in [2.05, 4.69) is 10.1 Å². The smallest absolute Gasteiger partial charge is 0.407 e. The molecule has 1 heterocycles. The summed E-state index contributed by atoms with van der Waals surface area (Å²) in [5, 5.41) is 2.32. The molecule has 1 unspecified atom stereocenters. The maximum atomic E-state index is 14.3. The zero-order valence-electron chi connectivity index (χ0n) is 25.7. The first-order valence-electron chi connectivity index (χ1n) is 14.6. The lowest BCUT2D eigenvalue weighted by molar-refractivity contribution is -0.145. The van der Waals surface area contributed by atoms with E-state index in [4.69, 9.17) is 18.9 Å². The number of ether oxygens (including phenoxy) is 5. The van der Waals surface area contributed by atoms with Crippen LogP contribution in [0.4, 0.5) is 26.7 Å². The van der Waals surface area contributed by atoms with Gasteiger partial charge in [0.05, 0.1) is 6.61 Å². The number of alkyl carbamates (subject to hydrolysis) is 1. The predicted molar refractivity (Wildman–Crippen MR) is 156 cm³/mol. The minimum atomic E-state index is -2.46. The molecule has 3 aromatic rings. The van der Waals surface area contributed by atoms with Gasteiger partial charge in [-0.3, -0.25) is 0 Å². The molecule has 1 aliphatic rings. The van der Waals surface area contributed by atoms with E-state index in [0.29, 0.717) is 18.6 Å². The van der Waals surface area contributed by atoms with Gasteiger partial charge in [0.15, 0.2) is 6.29 Å². The van der Waals surface area contributed by atoms with Crippen molar-refractivity contribution in [2.75, 3.05) is 13.2 Å². The number of amides is 1. The molecule has 14 heteroatoms. The molecule has 1 fully saturated rings. The van der Waals surface area contributed by atoms with E-state index in [0.717, 1.165) is 18.4 Å². The first-order chi connectivity index (χ1) is 22.2. The Kier molecular flexibility index (Phi) is 11.4. The molecule has 1 N–H and O–H groups in total. The number of halogens is 5. The second-order valence-electron chi connectivity index (χ2n) is 11.4. The van der Waals surface area contributed by atoms with Crippen molar-refractivity contribution < 1.29 is 60.0 Å². The van der Waals surface area contributed by atoms with Crippen molar-refractivity contribution in [1.82, 2.24) is 5.32 Å². The quantitative estimate of drug-likeness (QED) is 0.0811. The highest BCUT2D eigenvalue weighted by Crippen LogP contribution is 2.32. The van der Waals surface area contributed by atoms with Crippen molar-refractivity contribution in [1.29, 1.82) is 0 Å². The average Bonchev–Trinajstić information content (AvgIpc) is 3.04. The monoisotopic (exact) mass is 665 g/mol. The molecule has 0 radical (unpaired) electrons. The van der Waals surface area contributed by atoms with Crippen LogP contribution in [0.15, 0.2) is 48.5 Å². The van der Waals surface area contributed by atoms with Crippen LogP contribution in [0.25, 0.3) is 11.1 Å². The summed E-state index contributed by atoms with van der Waals surface area (Å²) in [5.41, 5.74) is 0.398. The molecule has 0 aromatic heterocycles. The van der Waals surface area contributed by atoms with Gasteiger partial charge in [0, 0.05) is 19.4 Å². The molecular weight excluding hydrogens is 633 g/mol. The number of carbonyl (C=O) groups excluding carboxylic acids is 3. The normalized spacial score (nSPS) is 15.4. The van der Waals surface area contributed by atoms with Crippen molar-refractivity contribution >= 4 is 18.0 Å². The third kappa shape index (κ3) is 9.18. The van der Waals surface area contributed by atoms with Gasteiger partial charge in [-0.1, -0.05) is 36.4 Å². The lowest BCUT2D eigenvalue weighted by Gasteiger charge is -2.25. The molecule has 1 aliphatic heterocycles. The Labute approximate surface area is 266 Å². The third-order valence-electron chi connectivity index (χ3n) is 6.66. The van der Waals surface area contributed by atoms with E-state index in [1.54, 1.807) is 32.9 Å². The van der Waals surface area contributed by atoms with E-state index >= 15 is 0 Å². The molecule has 0 aliphatic carbocycles. The first kappa shape index (κ1) is 35.1. The van der Waals surface area contributed by atoms with Gasteiger partial charge in [0.1, 0.15) is 16.9 Å². The molecule has 4 rings (SSSR count). The van der Waals surface area contributed by atoms with E-state index in [-0.39, 0.29) is 11.3 Å². The van der Waals surface area contributed by atoms with Crippen LogP contribution in [0.1, 0.15) is 56.8 Å². The van der Waals surface area contributed by atoms with Gasteiger partial charge in [-0.15, -0.1) is 0 Å². The van der Waals surface area contributed by atoms with E-state index < -0.39 is 83.8 Å². The molecule has 1 saturated heterocycles. The topological polar surface area (TPSA) is 109 Å². The maximum Gasteiger partial charge on any atom is 0.407 e. The lowest BCUT2D eigenvalue weighted by atomic mass is 10.0. The Hall–Kier alpha value is -4.72. The second kappa shape index (κ2) is 15.2. The fourth-order valence-electron chi connectivity index (χ4n) is 4.42. The van der Waals surface area contributed by atoms with Crippen LogP contribution in [0, 0.1) is 29.1 Å². The number of hydrogen-bond acceptors (Lipinski definition) is 8. The number of hydrogen-bond donors (Lipinski definition) is 1. The molecule has 9 nitrogen and oxygen atoms in total. The van der Waals surface area contributed by atoms with E-state index in [1.807, 2.05) is 30.3 Å². The minimum absolute atomic E-state index is 0.0296. The maximum absolute atomic E-state index is 14.3. The van der Waals surface area contributed by atoms with Crippen molar-refractivity contribution in [3.63, 3.8) is 0 Å². The zero-order valence-corrected chi connectivity index (χ0v) is 25.7. The fraction of sp³-hybridized carbons (Fsp3) is 0.364. The minimum Gasteiger partial charge on any atom is -0.464 e. The van der Waals surface area contributed by atoms with Gasteiger partial charge in [-0.25, -0.2) is 27.6 Å². The Bertz CT molecular complexity index is 1580. The number of benzene rings is 3. The highest BCUT2D eigenvalue weighted by molar-refractivity contribution is 5.95. The van der Waals surface area contributed by atoms with Crippen LogP contribution >= 0.6 is 0 Å². The third-order valence-corrected chi connectivity index (χ3v) is 6.66. The Balaban J connectivity index is 1.62. The summed E-state index contributed by atoms with van der Waals surface area (Å²) in [5.74, 6) is -16.7. The van der Waals surface area contributed by atoms with Crippen LogP contribution in [0.3, 0.4) is 0 Å². The van der Waals surface area contributed by atoms with Gasteiger partial charge in [-0.2, -0.15) is 8.78 Å². The fourth-order valence-corrected chi connectivity index (χ4v) is 4.42. The molecule has 252 valence electrons. The van der Waals surface area contributed by atoms with Crippen molar-refractivity contribution in [2.24, 2.45) is 0 Å². The summed E-state index contributed by atoms with van der Waals surface area (Å²) in [6.07, 6.45) is -2.02. The molecular formula is C33H32F5NO8. The SMILES string of the molecule is CC(C)(C)OC(=O)NCC[C@H](OC(=O)c1ccc(-c2ccccc2)cc1OC1CCCCO1)C(=O)Oc1c(F)c(F)c(F)c(F)c1F. The molecule has 0 spiro atoms. The Morgan fingerprint density at radius 3 is 2.17 bits per heavy atom. The number of nitrogens with one attached hydrogen (secondary N) is 1. The Morgan fingerprint density at radius 2 is 1.55 bits per heavy atom. The summed E-state index contributed by atoms with van der Waals surface area (Å²) in [6.45, 7) is 4.82. The van der Waals surface area contributed by atoms with Crippen LogP contribution < -0.4 is 14.8 Å². The largest absolute Gasteiger partial charge is 0.464 e. The molecule has 0 bridgehead atoms. The summed E-state index contributed by atoms with van der Waals surface area (Å²) in [7, 11) is 0. The summed E-state index contributed by atoms with van der Waals surface area (Å²) in [4.78, 5) is 38.7. The van der Waals surface area contributed by atoms with Crippen molar-refractivity contribution in [2.45, 2.75) is 64.4 Å². The molecule has 47 heavy (non-hydrogen) atoms. The highest BCUT2D eigenvalue weighted by atomic mass is 19.2. The van der Waals surface area contributed by atoms with E-state index in [1.165, 1.54) is 6.07 Å². The molecule has 3 aromatic carbocycles. The molecule has 1 amide bonds. The van der Waals surface area contributed by atoms with Gasteiger partial charge < -0.3 is 29.0 Å². The number of esters is 2. The summed E-state index contributed by atoms with van der Waals surface area (Å²) >= 11 is 0. The summed E-state index contributed by atoms with van der Waals surface area (Å²) in [6, 6.07) is 13.6. The first-order valence-corrected chi connectivity index (χ1v) is 14.6. The summed E-state index contributed by atoms with van der Waals surface area (Å²) < 4.78 is 96.4. The van der Waals surface area contributed by atoms with Crippen LogP contribution in [0.2, 0.25) is 0 Å².